The van der Waals surface area contributed by atoms with Crippen LogP contribution < -0.4 is 0 Å². The topological polar surface area (TPSA) is 0 Å². The molecule has 116 valence electrons. The van der Waals surface area contributed by atoms with Gasteiger partial charge in [0.25, 0.3) is 0 Å². The molecule has 3 aromatic carbocycles. The van der Waals surface area contributed by atoms with Crippen LogP contribution in [0.1, 0.15) is 12.5 Å². The van der Waals surface area contributed by atoms with Gasteiger partial charge in [0.05, 0.1) is 0 Å². The predicted octanol–water partition coefficient (Wildman–Crippen LogP) is 6.15. The van der Waals surface area contributed by atoms with Crippen molar-refractivity contribution in [1.29, 1.82) is 0 Å². The first-order valence-electron chi connectivity index (χ1n) is 7.47. The van der Waals surface area contributed by atoms with Gasteiger partial charge in [0.2, 0.25) is 0 Å². The second kappa shape index (κ2) is 6.55. The number of thiol groups is 1. The second-order valence-corrected chi connectivity index (χ2v) is 5.89. The molecule has 23 heavy (non-hydrogen) atoms. The summed E-state index contributed by atoms with van der Waals surface area (Å²) in [6.45, 7) is 1.81. The minimum atomic E-state index is -0.781. The summed E-state index contributed by atoms with van der Waals surface area (Å²) in [7, 11) is 0. The normalized spacial score (nSPS) is 10.8. The summed E-state index contributed by atoms with van der Waals surface area (Å²) < 4.78 is 28.2. The molecule has 0 atom stereocenters. The Kier molecular flexibility index (Phi) is 4.49. The van der Waals surface area contributed by atoms with E-state index in [4.69, 9.17) is 0 Å². The van der Waals surface area contributed by atoms with Crippen molar-refractivity contribution in [2.24, 2.45) is 0 Å². The van der Waals surface area contributed by atoms with Crippen LogP contribution in [0.4, 0.5) is 8.78 Å². The second-order valence-electron chi connectivity index (χ2n) is 5.38. The van der Waals surface area contributed by atoms with Crippen LogP contribution in [0.5, 0.6) is 0 Å². The summed E-state index contributed by atoms with van der Waals surface area (Å²) in [5.41, 5.74) is 3.43. The summed E-state index contributed by atoms with van der Waals surface area (Å²) >= 11 is 4.27. The molecular weight excluding hydrogens is 310 g/mol. The standard InChI is InChI=1S/C20H16F2S/c1-2-13-9-12-18(20(22)19(13)21)16-5-3-14(4-6-16)15-7-10-17(23)11-8-15/h3-12,23H,2H2,1H3. The fraction of sp³-hybridized carbons (Fsp3) is 0.100. The minimum Gasteiger partial charge on any atom is -0.203 e. The van der Waals surface area contributed by atoms with Crippen molar-refractivity contribution < 1.29 is 8.78 Å². The lowest BCUT2D eigenvalue weighted by molar-refractivity contribution is 0.502. The average Bonchev–Trinajstić information content (AvgIpc) is 2.58. The molecule has 0 saturated carbocycles. The van der Waals surface area contributed by atoms with Gasteiger partial charge in [0, 0.05) is 10.5 Å². The molecule has 3 rings (SSSR count). The molecule has 0 aliphatic heterocycles. The molecule has 3 aromatic rings. The third kappa shape index (κ3) is 3.15. The van der Waals surface area contributed by atoms with E-state index in [1.807, 2.05) is 55.5 Å². The van der Waals surface area contributed by atoms with E-state index in [9.17, 15) is 8.78 Å². The highest BCUT2D eigenvalue weighted by Crippen LogP contribution is 2.29. The van der Waals surface area contributed by atoms with Crippen LogP contribution in [0, 0.1) is 11.6 Å². The predicted molar refractivity (Wildman–Crippen MR) is 93.9 cm³/mol. The Morgan fingerprint density at radius 2 is 1.22 bits per heavy atom. The Morgan fingerprint density at radius 1 is 0.696 bits per heavy atom. The molecule has 0 saturated heterocycles. The van der Waals surface area contributed by atoms with E-state index in [0.29, 0.717) is 17.5 Å². The summed E-state index contributed by atoms with van der Waals surface area (Å²) in [6, 6.07) is 18.5. The fourth-order valence-electron chi connectivity index (χ4n) is 2.58. The van der Waals surface area contributed by atoms with Gasteiger partial charge in [-0.25, -0.2) is 8.78 Å². The van der Waals surface area contributed by atoms with Crippen LogP contribution in [-0.4, -0.2) is 0 Å². The zero-order valence-electron chi connectivity index (χ0n) is 12.7. The van der Waals surface area contributed by atoms with Gasteiger partial charge in [-0.1, -0.05) is 55.5 Å². The van der Waals surface area contributed by atoms with Gasteiger partial charge in [-0.15, -0.1) is 12.6 Å². The maximum absolute atomic E-state index is 14.2. The molecule has 0 bridgehead atoms. The molecule has 0 aliphatic rings. The van der Waals surface area contributed by atoms with E-state index >= 15 is 0 Å². The van der Waals surface area contributed by atoms with Crippen LogP contribution >= 0.6 is 12.6 Å². The quantitative estimate of drug-likeness (QED) is 0.548. The number of rotatable bonds is 3. The van der Waals surface area contributed by atoms with E-state index < -0.39 is 11.6 Å². The van der Waals surface area contributed by atoms with Crippen LogP contribution in [0.2, 0.25) is 0 Å². The van der Waals surface area contributed by atoms with Gasteiger partial charge in [0.1, 0.15) is 0 Å². The minimum absolute atomic E-state index is 0.289. The number of hydrogen-bond donors (Lipinski definition) is 1. The van der Waals surface area contributed by atoms with Gasteiger partial charge in [-0.05, 0) is 40.8 Å². The first-order chi connectivity index (χ1) is 11.1. The van der Waals surface area contributed by atoms with Gasteiger partial charge in [0.15, 0.2) is 11.6 Å². The van der Waals surface area contributed by atoms with Crippen molar-refractivity contribution in [3.8, 4) is 22.3 Å². The van der Waals surface area contributed by atoms with Crippen LogP contribution in [0.15, 0.2) is 65.6 Å². The molecular formula is C20H16F2S. The van der Waals surface area contributed by atoms with E-state index in [-0.39, 0.29) is 5.56 Å². The van der Waals surface area contributed by atoms with Crippen molar-refractivity contribution in [2.45, 2.75) is 18.2 Å². The molecule has 0 aliphatic carbocycles. The number of hydrogen-bond acceptors (Lipinski definition) is 1. The van der Waals surface area contributed by atoms with Crippen molar-refractivity contribution in [2.75, 3.05) is 0 Å². The van der Waals surface area contributed by atoms with Gasteiger partial charge in [-0.2, -0.15) is 0 Å². The highest BCUT2D eigenvalue weighted by atomic mass is 32.1. The first-order valence-corrected chi connectivity index (χ1v) is 7.91. The lowest BCUT2D eigenvalue weighted by Crippen LogP contribution is -1.95. The number of aryl methyl sites for hydroxylation is 1. The molecule has 0 nitrogen and oxygen atoms in total. The third-order valence-corrected chi connectivity index (χ3v) is 4.24. The summed E-state index contributed by atoms with van der Waals surface area (Å²) in [6.07, 6.45) is 0.475. The van der Waals surface area contributed by atoms with Crippen molar-refractivity contribution in [3.05, 3.63) is 77.9 Å². The molecule has 0 fully saturated rings. The smallest absolute Gasteiger partial charge is 0.166 e. The Morgan fingerprint density at radius 3 is 1.78 bits per heavy atom. The van der Waals surface area contributed by atoms with E-state index in [1.54, 1.807) is 12.1 Å². The lowest BCUT2D eigenvalue weighted by atomic mass is 9.98. The zero-order valence-corrected chi connectivity index (χ0v) is 13.6. The molecule has 0 aromatic heterocycles. The molecule has 0 N–H and O–H groups in total. The number of benzene rings is 3. The Bertz CT molecular complexity index is 822. The highest BCUT2D eigenvalue weighted by Gasteiger charge is 2.13. The zero-order chi connectivity index (χ0) is 16.4. The van der Waals surface area contributed by atoms with Crippen molar-refractivity contribution in [3.63, 3.8) is 0 Å². The maximum atomic E-state index is 14.2. The highest BCUT2D eigenvalue weighted by molar-refractivity contribution is 7.80. The lowest BCUT2D eigenvalue weighted by Gasteiger charge is -2.09. The van der Waals surface area contributed by atoms with Crippen LogP contribution in [0.3, 0.4) is 0 Å². The summed E-state index contributed by atoms with van der Waals surface area (Å²) in [5.74, 6) is -1.53. The molecule has 0 radical (unpaired) electrons. The van der Waals surface area contributed by atoms with E-state index in [1.165, 1.54) is 0 Å². The maximum Gasteiger partial charge on any atom is 0.166 e. The van der Waals surface area contributed by atoms with Gasteiger partial charge in [-0.3, -0.25) is 0 Å². The average molecular weight is 326 g/mol. The molecule has 0 spiro atoms. The van der Waals surface area contributed by atoms with E-state index in [2.05, 4.69) is 12.6 Å². The van der Waals surface area contributed by atoms with E-state index in [0.717, 1.165) is 16.0 Å². The monoisotopic (exact) mass is 326 g/mol. The van der Waals surface area contributed by atoms with Crippen LogP contribution in [0.25, 0.3) is 22.3 Å². The largest absolute Gasteiger partial charge is 0.203 e. The summed E-state index contributed by atoms with van der Waals surface area (Å²) in [5, 5.41) is 0. The third-order valence-electron chi connectivity index (χ3n) is 3.94. The molecule has 0 heterocycles. The molecule has 0 amide bonds. The summed E-state index contributed by atoms with van der Waals surface area (Å²) in [4.78, 5) is 0.902. The van der Waals surface area contributed by atoms with Crippen molar-refractivity contribution in [1.82, 2.24) is 0 Å². The van der Waals surface area contributed by atoms with Gasteiger partial charge < -0.3 is 0 Å². The van der Waals surface area contributed by atoms with Crippen LogP contribution in [-0.2, 0) is 6.42 Å². The molecule has 3 heteroatoms. The van der Waals surface area contributed by atoms with Crippen molar-refractivity contribution >= 4 is 12.6 Å². The van der Waals surface area contributed by atoms with Gasteiger partial charge >= 0.3 is 0 Å². The molecule has 0 unspecified atom stereocenters. The fourth-order valence-corrected chi connectivity index (χ4v) is 2.73. The Hall–Kier alpha value is -2.13. The number of halogens is 2. The Labute approximate surface area is 140 Å². The first kappa shape index (κ1) is 15.8. The SMILES string of the molecule is CCc1ccc(-c2ccc(-c3ccc(S)cc3)cc2)c(F)c1F. The Balaban J connectivity index is 1.97.